The van der Waals surface area contributed by atoms with Crippen molar-refractivity contribution < 1.29 is 5.11 Å². The number of aliphatic hydroxyl groups excluding tert-OH is 1. The van der Waals surface area contributed by atoms with Crippen molar-refractivity contribution in [2.45, 2.75) is 45.1 Å². The molecule has 1 unspecified atom stereocenters. The third-order valence-electron chi connectivity index (χ3n) is 2.82. The van der Waals surface area contributed by atoms with Gasteiger partial charge in [0.15, 0.2) is 0 Å². The lowest BCUT2D eigenvalue weighted by atomic mass is 10.1. The van der Waals surface area contributed by atoms with Crippen molar-refractivity contribution in [3.63, 3.8) is 0 Å². The Morgan fingerprint density at radius 2 is 2.05 bits per heavy atom. The van der Waals surface area contributed by atoms with Crippen molar-refractivity contribution in [1.82, 2.24) is 9.97 Å². The van der Waals surface area contributed by atoms with Gasteiger partial charge in [-0.3, -0.25) is 0 Å². The average Bonchev–Trinajstić information content (AvgIpc) is 2.85. The minimum atomic E-state index is -0.00809. The molecule has 0 radical (unpaired) electrons. The van der Waals surface area contributed by atoms with Crippen molar-refractivity contribution in [2.75, 3.05) is 17.7 Å². The van der Waals surface area contributed by atoms with E-state index in [4.69, 9.17) is 11.6 Å². The summed E-state index contributed by atoms with van der Waals surface area (Å²) in [6.07, 6.45) is 0.933. The topological polar surface area (TPSA) is 58.0 Å². The van der Waals surface area contributed by atoms with E-state index < -0.39 is 0 Å². The Morgan fingerprint density at radius 3 is 2.63 bits per heavy atom. The number of aliphatic hydroxyl groups is 1. The number of rotatable bonds is 4. The van der Waals surface area contributed by atoms with Gasteiger partial charge in [-0.1, -0.05) is 27.7 Å². The quantitative estimate of drug-likeness (QED) is 0.836. The Bertz CT molecular complexity index is 415. The second-order valence-corrected chi connectivity index (χ2v) is 5.84. The summed E-state index contributed by atoms with van der Waals surface area (Å²) < 4.78 is 0. The molecule has 0 saturated carbocycles. The lowest BCUT2D eigenvalue weighted by molar-refractivity contribution is 0.249. The van der Waals surface area contributed by atoms with Crippen molar-refractivity contribution in [3.05, 3.63) is 11.0 Å². The maximum Gasteiger partial charge on any atom is 0.224 e. The smallest absolute Gasteiger partial charge is 0.224 e. The summed E-state index contributed by atoms with van der Waals surface area (Å²) in [7, 11) is 0. The van der Waals surface area contributed by atoms with Crippen LogP contribution >= 0.6 is 23.4 Å². The summed E-state index contributed by atoms with van der Waals surface area (Å²) in [5.74, 6) is 2.11. The molecule has 19 heavy (non-hydrogen) atoms. The molecule has 2 N–H and O–H groups in total. The van der Waals surface area contributed by atoms with Crippen LogP contribution in [0.3, 0.4) is 0 Å². The van der Waals surface area contributed by atoms with Gasteiger partial charge in [-0.2, -0.15) is 4.98 Å². The van der Waals surface area contributed by atoms with Crippen molar-refractivity contribution in [2.24, 2.45) is 5.92 Å². The molecule has 2 rings (SSSR count). The van der Waals surface area contributed by atoms with Crippen molar-refractivity contribution >= 4 is 29.2 Å². The van der Waals surface area contributed by atoms with E-state index in [0.29, 0.717) is 5.92 Å². The Balaban J connectivity index is 0.000000861. The van der Waals surface area contributed by atoms with Gasteiger partial charge >= 0.3 is 0 Å². The fourth-order valence-corrected chi connectivity index (χ4v) is 2.98. The van der Waals surface area contributed by atoms with Gasteiger partial charge in [-0.25, -0.2) is 4.98 Å². The van der Waals surface area contributed by atoms with Crippen LogP contribution in [0, 0.1) is 5.92 Å². The molecule has 1 aliphatic rings. The first-order valence-corrected chi connectivity index (χ1v) is 8.04. The van der Waals surface area contributed by atoms with Gasteiger partial charge in [0.05, 0.1) is 23.2 Å². The third kappa shape index (κ3) is 4.23. The number of nitrogens with one attached hydrogen (secondary N) is 1. The maximum atomic E-state index is 9.33. The van der Waals surface area contributed by atoms with Gasteiger partial charge < -0.3 is 10.4 Å². The fraction of sp³-hybridized carbons (Fsp3) is 0.692. The second-order valence-electron chi connectivity index (χ2n) is 4.39. The van der Waals surface area contributed by atoms with Gasteiger partial charge in [-0.15, -0.1) is 11.8 Å². The highest BCUT2D eigenvalue weighted by Gasteiger charge is 2.22. The first-order chi connectivity index (χ1) is 9.11. The molecule has 0 spiro atoms. The molecule has 6 heteroatoms. The summed E-state index contributed by atoms with van der Waals surface area (Å²) in [5, 5.41) is 12.9. The number of fused-ring (bicyclic) bond motifs is 1. The predicted octanol–water partition coefficient (Wildman–Crippen LogP) is 3.23. The van der Waals surface area contributed by atoms with E-state index in [-0.39, 0.29) is 17.9 Å². The zero-order valence-electron chi connectivity index (χ0n) is 11.9. The number of aromatic nitrogens is 2. The molecule has 1 atom stereocenters. The predicted molar refractivity (Wildman–Crippen MR) is 82.2 cm³/mol. The SMILES string of the molecule is CC.CC(C)C(CO)Nc1nc(Cl)nc2c1SCC2. The number of nitrogens with zero attached hydrogens (tertiary/aromatic N) is 2. The van der Waals surface area contributed by atoms with Crippen molar-refractivity contribution in [1.29, 1.82) is 0 Å². The third-order valence-corrected chi connectivity index (χ3v) is 4.11. The molecule has 0 aliphatic carbocycles. The first-order valence-electron chi connectivity index (χ1n) is 6.68. The Kier molecular flexibility index (Phi) is 6.89. The van der Waals surface area contributed by atoms with Gasteiger partial charge in [-0.05, 0) is 17.5 Å². The summed E-state index contributed by atoms with van der Waals surface area (Å²) in [6.45, 7) is 8.20. The van der Waals surface area contributed by atoms with Gasteiger partial charge in [0.25, 0.3) is 0 Å². The highest BCUT2D eigenvalue weighted by Crippen LogP contribution is 2.36. The highest BCUT2D eigenvalue weighted by molar-refractivity contribution is 7.99. The molecule has 0 amide bonds. The molecule has 1 aromatic heterocycles. The second kappa shape index (κ2) is 7.92. The minimum absolute atomic E-state index is 0.00809. The number of hydrogen-bond acceptors (Lipinski definition) is 5. The zero-order chi connectivity index (χ0) is 14.4. The number of thioether (sulfide) groups is 1. The lowest BCUT2D eigenvalue weighted by Crippen LogP contribution is -2.30. The van der Waals surface area contributed by atoms with Crippen LogP contribution in [-0.2, 0) is 6.42 Å². The number of hydrogen-bond donors (Lipinski definition) is 2. The lowest BCUT2D eigenvalue weighted by Gasteiger charge is -2.21. The number of anilines is 1. The molecular formula is C13H22ClN3OS. The van der Waals surface area contributed by atoms with E-state index in [9.17, 15) is 5.11 Å². The Hall–Kier alpha value is -0.520. The van der Waals surface area contributed by atoms with E-state index in [1.165, 1.54) is 0 Å². The fourth-order valence-electron chi connectivity index (χ4n) is 1.73. The van der Waals surface area contributed by atoms with E-state index in [0.717, 1.165) is 28.6 Å². The number of halogens is 1. The summed E-state index contributed by atoms with van der Waals surface area (Å²) >= 11 is 7.64. The minimum Gasteiger partial charge on any atom is -0.394 e. The molecule has 4 nitrogen and oxygen atoms in total. The summed E-state index contributed by atoms with van der Waals surface area (Å²) in [6, 6.07) is -0.00809. The van der Waals surface area contributed by atoms with Crippen LogP contribution < -0.4 is 5.32 Å². The van der Waals surface area contributed by atoms with E-state index in [2.05, 4.69) is 29.1 Å². The van der Waals surface area contributed by atoms with Crippen molar-refractivity contribution in [3.8, 4) is 0 Å². The van der Waals surface area contributed by atoms with Crippen LogP contribution in [0.4, 0.5) is 5.82 Å². The molecule has 0 fully saturated rings. The molecule has 2 heterocycles. The molecule has 1 aliphatic heterocycles. The maximum absolute atomic E-state index is 9.33. The largest absolute Gasteiger partial charge is 0.394 e. The normalized spacial score (nSPS) is 14.7. The molecule has 108 valence electrons. The number of aryl methyl sites for hydroxylation is 1. The molecule has 1 aromatic rings. The summed E-state index contributed by atoms with van der Waals surface area (Å²) in [5.41, 5.74) is 1.01. The summed E-state index contributed by atoms with van der Waals surface area (Å²) in [4.78, 5) is 9.53. The van der Waals surface area contributed by atoms with Gasteiger partial charge in [0, 0.05) is 12.2 Å². The molecular weight excluding hydrogens is 282 g/mol. The monoisotopic (exact) mass is 303 g/mol. The van der Waals surface area contributed by atoms with Gasteiger partial charge in [0.1, 0.15) is 5.82 Å². The van der Waals surface area contributed by atoms with Gasteiger partial charge in [0.2, 0.25) is 5.28 Å². The van der Waals surface area contributed by atoms with E-state index >= 15 is 0 Å². The van der Waals surface area contributed by atoms with Crippen LogP contribution in [0.15, 0.2) is 4.90 Å². The standard InChI is InChI=1S/C11H16ClN3OS.C2H6/c1-6(2)8(5-16)13-10-9-7(3-4-17-9)14-11(12)15-10;1-2/h6,8,16H,3-5H2,1-2H3,(H,13,14,15);1-2H3. The Labute approximate surface area is 124 Å². The molecule has 0 aromatic carbocycles. The van der Waals surface area contributed by atoms with Crippen LogP contribution in [0.5, 0.6) is 0 Å². The highest BCUT2D eigenvalue weighted by atomic mass is 35.5. The van der Waals surface area contributed by atoms with Crippen LogP contribution in [-0.4, -0.2) is 33.5 Å². The van der Waals surface area contributed by atoms with Crippen LogP contribution in [0.25, 0.3) is 0 Å². The van der Waals surface area contributed by atoms with Crippen LogP contribution in [0.2, 0.25) is 5.28 Å². The zero-order valence-corrected chi connectivity index (χ0v) is 13.5. The first kappa shape index (κ1) is 16.5. The molecule has 0 saturated heterocycles. The van der Waals surface area contributed by atoms with E-state index in [1.54, 1.807) is 11.8 Å². The van der Waals surface area contributed by atoms with E-state index in [1.807, 2.05) is 13.8 Å². The molecule has 0 bridgehead atoms. The van der Waals surface area contributed by atoms with Crippen LogP contribution in [0.1, 0.15) is 33.4 Å². The Morgan fingerprint density at radius 1 is 1.37 bits per heavy atom. The average molecular weight is 304 g/mol.